The van der Waals surface area contributed by atoms with Crippen LogP contribution in [0.5, 0.6) is 17.2 Å². The molecule has 8 nitrogen and oxygen atoms in total. The first-order valence-electron chi connectivity index (χ1n) is 9.92. The number of para-hydroxylation sites is 2. The summed E-state index contributed by atoms with van der Waals surface area (Å²) in [6.45, 7) is 0.357. The molecule has 1 aliphatic heterocycles. The first-order chi connectivity index (χ1) is 15.2. The minimum absolute atomic E-state index is 0.249. The number of methoxy groups -OCH3 is 1. The first kappa shape index (κ1) is 19.2. The van der Waals surface area contributed by atoms with Crippen LogP contribution in [-0.4, -0.2) is 39.1 Å². The Morgan fingerprint density at radius 1 is 1.13 bits per heavy atom. The van der Waals surface area contributed by atoms with Crippen molar-refractivity contribution in [2.45, 2.75) is 19.3 Å². The van der Waals surface area contributed by atoms with E-state index in [4.69, 9.17) is 14.2 Å². The summed E-state index contributed by atoms with van der Waals surface area (Å²) in [5.74, 6) is 2.08. The van der Waals surface area contributed by atoms with Gasteiger partial charge in [0, 0.05) is 23.5 Å². The fraction of sp³-hybridized carbons (Fsp3) is 0.217. The molecular weight excluding hydrogens is 398 g/mol. The zero-order valence-corrected chi connectivity index (χ0v) is 16.9. The summed E-state index contributed by atoms with van der Waals surface area (Å²) in [6, 6.07) is 14.8. The molecule has 2 aromatic carbocycles. The number of fused-ring (bicyclic) bond motifs is 2. The Kier molecular flexibility index (Phi) is 4.83. The topological polar surface area (TPSA) is 87.2 Å². The van der Waals surface area contributed by atoms with E-state index in [0.29, 0.717) is 41.4 Å². The zero-order valence-electron chi connectivity index (χ0n) is 16.9. The Morgan fingerprint density at radius 3 is 2.65 bits per heavy atom. The van der Waals surface area contributed by atoms with Crippen LogP contribution in [0.2, 0.25) is 0 Å². The standard InChI is InChI=1S/C23H21N3O5/c1-29-16-8-6-15(7-9-16)21-18(13-27)22-23(28)25(10-11-26(22)24-21)12-17-14-30-19-4-2-3-5-20(19)31-17/h2-11,17,27H,12-14H2,1H3. The Hall–Kier alpha value is -3.78. The number of aliphatic hydroxyl groups is 1. The predicted octanol–water partition coefficient (Wildman–Crippen LogP) is 2.50. The van der Waals surface area contributed by atoms with Gasteiger partial charge in [0.1, 0.15) is 17.9 Å². The highest BCUT2D eigenvalue weighted by Gasteiger charge is 2.23. The van der Waals surface area contributed by atoms with Crippen LogP contribution in [0.1, 0.15) is 5.56 Å². The molecule has 1 atom stereocenters. The Bertz CT molecular complexity index is 1290. The lowest BCUT2D eigenvalue weighted by molar-refractivity contribution is 0.0778. The molecule has 0 bridgehead atoms. The van der Waals surface area contributed by atoms with Crippen LogP contribution in [0.15, 0.2) is 65.7 Å². The van der Waals surface area contributed by atoms with Gasteiger partial charge in [0.2, 0.25) is 0 Å². The maximum absolute atomic E-state index is 13.2. The summed E-state index contributed by atoms with van der Waals surface area (Å²) >= 11 is 0. The lowest BCUT2D eigenvalue weighted by Crippen LogP contribution is -2.36. The fourth-order valence-corrected chi connectivity index (χ4v) is 3.80. The minimum Gasteiger partial charge on any atom is -0.497 e. The molecule has 8 heteroatoms. The molecule has 1 unspecified atom stereocenters. The van der Waals surface area contributed by atoms with Gasteiger partial charge in [-0.3, -0.25) is 4.79 Å². The van der Waals surface area contributed by atoms with Gasteiger partial charge in [-0.15, -0.1) is 0 Å². The van der Waals surface area contributed by atoms with Gasteiger partial charge in [-0.25, -0.2) is 4.52 Å². The molecule has 3 heterocycles. The minimum atomic E-state index is -0.309. The van der Waals surface area contributed by atoms with Crippen molar-refractivity contribution in [1.82, 2.24) is 14.2 Å². The second-order valence-electron chi connectivity index (χ2n) is 7.26. The molecule has 158 valence electrons. The van der Waals surface area contributed by atoms with Crippen LogP contribution >= 0.6 is 0 Å². The van der Waals surface area contributed by atoms with Gasteiger partial charge in [0.25, 0.3) is 5.56 Å². The lowest BCUT2D eigenvalue weighted by atomic mass is 10.1. The van der Waals surface area contributed by atoms with Crippen molar-refractivity contribution < 1.29 is 19.3 Å². The fourth-order valence-electron chi connectivity index (χ4n) is 3.80. The smallest absolute Gasteiger partial charge is 0.277 e. The van der Waals surface area contributed by atoms with Crippen molar-refractivity contribution in [2.24, 2.45) is 0 Å². The molecule has 31 heavy (non-hydrogen) atoms. The molecule has 0 aliphatic carbocycles. The number of ether oxygens (including phenoxy) is 3. The Labute approximate surface area is 177 Å². The van der Waals surface area contributed by atoms with E-state index in [2.05, 4.69) is 5.10 Å². The number of benzene rings is 2. The van der Waals surface area contributed by atoms with Crippen molar-refractivity contribution in [1.29, 1.82) is 0 Å². The summed E-state index contributed by atoms with van der Waals surface area (Å²) in [4.78, 5) is 13.2. The summed E-state index contributed by atoms with van der Waals surface area (Å²) in [7, 11) is 1.60. The highest BCUT2D eigenvalue weighted by molar-refractivity contribution is 5.72. The van der Waals surface area contributed by atoms with Crippen molar-refractivity contribution in [3.8, 4) is 28.5 Å². The average Bonchev–Trinajstić information content (AvgIpc) is 3.20. The average molecular weight is 419 g/mol. The number of nitrogens with zero attached hydrogens (tertiary/aromatic N) is 3. The van der Waals surface area contributed by atoms with E-state index in [1.54, 1.807) is 24.1 Å². The number of rotatable bonds is 5. The number of aromatic nitrogens is 3. The molecule has 2 aromatic heterocycles. The SMILES string of the molecule is COc1ccc(-c2nn3ccn(CC4COc5ccccc5O4)c(=O)c3c2CO)cc1. The van der Waals surface area contributed by atoms with Crippen LogP contribution in [0, 0.1) is 0 Å². The summed E-state index contributed by atoms with van der Waals surface area (Å²) in [5, 5.41) is 14.6. The van der Waals surface area contributed by atoms with Gasteiger partial charge in [-0.05, 0) is 36.4 Å². The third kappa shape index (κ3) is 3.40. The van der Waals surface area contributed by atoms with Crippen molar-refractivity contribution in [2.75, 3.05) is 13.7 Å². The molecular formula is C23H21N3O5. The van der Waals surface area contributed by atoms with Crippen LogP contribution in [0.4, 0.5) is 0 Å². The van der Waals surface area contributed by atoms with E-state index in [1.165, 1.54) is 4.52 Å². The predicted molar refractivity (Wildman–Crippen MR) is 114 cm³/mol. The second-order valence-corrected chi connectivity index (χ2v) is 7.26. The number of hydrogen-bond donors (Lipinski definition) is 1. The van der Waals surface area contributed by atoms with Gasteiger partial charge >= 0.3 is 0 Å². The highest BCUT2D eigenvalue weighted by Crippen LogP contribution is 2.31. The van der Waals surface area contributed by atoms with E-state index in [1.807, 2.05) is 48.5 Å². The van der Waals surface area contributed by atoms with Crippen LogP contribution in [-0.2, 0) is 13.2 Å². The maximum atomic E-state index is 13.2. The molecule has 0 saturated heterocycles. The Morgan fingerprint density at radius 2 is 1.90 bits per heavy atom. The molecule has 1 aliphatic rings. The Balaban J connectivity index is 1.50. The molecule has 5 rings (SSSR count). The van der Waals surface area contributed by atoms with Gasteiger partial charge < -0.3 is 23.9 Å². The summed E-state index contributed by atoms with van der Waals surface area (Å²) < 4.78 is 20.0. The van der Waals surface area contributed by atoms with E-state index >= 15 is 0 Å². The van der Waals surface area contributed by atoms with Crippen LogP contribution in [0.3, 0.4) is 0 Å². The van der Waals surface area contributed by atoms with Gasteiger partial charge in [-0.1, -0.05) is 12.1 Å². The normalized spacial score (nSPS) is 15.2. The van der Waals surface area contributed by atoms with Crippen molar-refractivity contribution in [3.63, 3.8) is 0 Å². The van der Waals surface area contributed by atoms with E-state index in [-0.39, 0.29) is 18.3 Å². The molecule has 0 saturated carbocycles. The highest BCUT2D eigenvalue weighted by atomic mass is 16.6. The number of aliphatic hydroxyl groups excluding tert-OH is 1. The third-order valence-corrected chi connectivity index (χ3v) is 5.35. The molecule has 0 fully saturated rings. The van der Waals surface area contributed by atoms with E-state index in [0.717, 1.165) is 11.3 Å². The van der Waals surface area contributed by atoms with Crippen molar-refractivity contribution >= 4 is 5.52 Å². The van der Waals surface area contributed by atoms with Crippen LogP contribution in [0.25, 0.3) is 16.8 Å². The monoisotopic (exact) mass is 419 g/mol. The van der Waals surface area contributed by atoms with Gasteiger partial charge in [-0.2, -0.15) is 5.10 Å². The zero-order chi connectivity index (χ0) is 21.4. The van der Waals surface area contributed by atoms with Gasteiger partial charge in [0.05, 0.1) is 26.0 Å². The van der Waals surface area contributed by atoms with Crippen LogP contribution < -0.4 is 19.8 Å². The van der Waals surface area contributed by atoms with Gasteiger partial charge in [0.15, 0.2) is 17.6 Å². The summed E-state index contributed by atoms with van der Waals surface area (Å²) in [5.41, 5.74) is 1.93. The molecule has 0 amide bonds. The van der Waals surface area contributed by atoms with E-state index in [9.17, 15) is 9.90 Å². The summed E-state index contributed by atoms with van der Waals surface area (Å²) in [6.07, 6.45) is 3.07. The lowest BCUT2D eigenvalue weighted by Gasteiger charge is -2.26. The second kappa shape index (κ2) is 7.81. The van der Waals surface area contributed by atoms with E-state index < -0.39 is 0 Å². The maximum Gasteiger partial charge on any atom is 0.277 e. The molecule has 0 spiro atoms. The molecule has 1 N–H and O–H groups in total. The third-order valence-electron chi connectivity index (χ3n) is 5.35. The number of hydrogen-bond acceptors (Lipinski definition) is 6. The first-order valence-corrected chi connectivity index (χ1v) is 9.92. The quantitative estimate of drug-likeness (QED) is 0.535. The van der Waals surface area contributed by atoms with Crippen molar-refractivity contribution in [3.05, 3.63) is 76.8 Å². The largest absolute Gasteiger partial charge is 0.497 e. The molecule has 0 radical (unpaired) electrons. The molecule has 4 aromatic rings.